The number of hydrogen-bond donors (Lipinski definition) is 1. The maximum Gasteiger partial charge on any atom is 0.305 e. The molecule has 0 spiro atoms. The Labute approximate surface area is 165 Å². The van der Waals surface area contributed by atoms with Crippen LogP contribution in [0.1, 0.15) is 44.1 Å². The zero-order chi connectivity index (χ0) is 19.2. The molecular formula is C20H27N3O3S. The van der Waals surface area contributed by atoms with Crippen LogP contribution in [0.4, 0.5) is 0 Å². The molecule has 1 aliphatic carbocycles. The van der Waals surface area contributed by atoms with Crippen LogP contribution in [-0.2, 0) is 16.0 Å². The number of nitrogens with zero attached hydrogens (tertiary/aromatic N) is 3. The van der Waals surface area contributed by atoms with E-state index in [1.54, 1.807) is 12.4 Å². The molecule has 6 nitrogen and oxygen atoms in total. The number of aliphatic hydroxyl groups excluding tert-OH is 1. The minimum Gasteiger partial charge on any atom is -0.469 e. The van der Waals surface area contributed by atoms with Crippen LogP contribution >= 0.6 is 12.2 Å². The highest BCUT2D eigenvalue weighted by Gasteiger charge is 2.28. The highest BCUT2D eigenvalue weighted by Crippen LogP contribution is 2.32. The average Bonchev–Trinajstić information content (AvgIpc) is 2.67. The van der Waals surface area contributed by atoms with Crippen LogP contribution in [0.3, 0.4) is 0 Å². The van der Waals surface area contributed by atoms with E-state index in [0.29, 0.717) is 31.1 Å². The number of aromatic nitrogens is 2. The molecule has 1 aliphatic heterocycles. The largest absolute Gasteiger partial charge is 0.469 e. The van der Waals surface area contributed by atoms with Crippen LogP contribution in [0.15, 0.2) is 30.5 Å². The third-order valence-corrected chi connectivity index (χ3v) is 5.97. The van der Waals surface area contributed by atoms with E-state index >= 15 is 0 Å². The van der Waals surface area contributed by atoms with Gasteiger partial charge in [0, 0.05) is 44.4 Å². The molecule has 1 aromatic rings. The summed E-state index contributed by atoms with van der Waals surface area (Å²) in [4.78, 5) is 22.5. The van der Waals surface area contributed by atoms with Gasteiger partial charge in [0.15, 0.2) is 0 Å². The lowest BCUT2D eigenvalue weighted by Crippen LogP contribution is -2.38. The molecule has 0 saturated heterocycles. The van der Waals surface area contributed by atoms with Crippen molar-refractivity contribution in [1.82, 2.24) is 14.9 Å². The first-order valence-corrected chi connectivity index (χ1v) is 9.94. The standard InChI is InChI=1S/C20H27N3O3S/c1-26-20(25)7-14-2-4-15(5-3-14)11-23-12-17(18(24)8-19(23)27)6-16-9-21-13-22-10-16/h9-10,12-15,18,24H,2-8,11H2,1H3. The fourth-order valence-electron chi connectivity index (χ4n) is 3.96. The molecule has 0 radical (unpaired) electrons. The molecule has 1 unspecified atom stereocenters. The Morgan fingerprint density at radius 1 is 1.26 bits per heavy atom. The Hall–Kier alpha value is -1.86. The van der Waals surface area contributed by atoms with Crippen LogP contribution < -0.4 is 0 Å². The van der Waals surface area contributed by atoms with Gasteiger partial charge in [-0.15, -0.1) is 0 Å². The molecule has 27 heavy (non-hydrogen) atoms. The second-order valence-corrected chi connectivity index (χ2v) is 8.03. The number of rotatable bonds is 6. The van der Waals surface area contributed by atoms with Crippen LogP contribution in [-0.4, -0.2) is 50.7 Å². The van der Waals surface area contributed by atoms with Gasteiger partial charge in [-0.1, -0.05) is 12.2 Å². The second-order valence-electron chi connectivity index (χ2n) is 7.56. The van der Waals surface area contributed by atoms with Crippen LogP contribution in [0.2, 0.25) is 0 Å². The van der Waals surface area contributed by atoms with Gasteiger partial charge in [-0.25, -0.2) is 9.97 Å². The number of esters is 1. The average molecular weight is 390 g/mol. The number of carbonyl (C=O) groups excluding carboxylic acids is 1. The predicted molar refractivity (Wildman–Crippen MR) is 106 cm³/mol. The molecule has 2 aliphatic rings. The van der Waals surface area contributed by atoms with E-state index in [1.165, 1.54) is 13.4 Å². The van der Waals surface area contributed by atoms with Crippen molar-refractivity contribution in [2.24, 2.45) is 11.8 Å². The monoisotopic (exact) mass is 389 g/mol. The Kier molecular flexibility index (Phi) is 6.90. The maximum atomic E-state index is 11.5. The van der Waals surface area contributed by atoms with Gasteiger partial charge in [0.05, 0.1) is 18.2 Å². The number of ether oxygens (including phenoxy) is 1. The van der Waals surface area contributed by atoms with Gasteiger partial charge in [-0.05, 0) is 48.7 Å². The summed E-state index contributed by atoms with van der Waals surface area (Å²) >= 11 is 5.52. The number of hydrogen-bond acceptors (Lipinski definition) is 6. The minimum absolute atomic E-state index is 0.109. The quantitative estimate of drug-likeness (QED) is 0.592. The van der Waals surface area contributed by atoms with Gasteiger partial charge >= 0.3 is 5.97 Å². The highest BCUT2D eigenvalue weighted by molar-refractivity contribution is 7.80. The molecule has 7 heteroatoms. The van der Waals surface area contributed by atoms with Crippen LogP contribution in [0, 0.1) is 11.8 Å². The van der Waals surface area contributed by atoms with Crippen LogP contribution in [0.5, 0.6) is 0 Å². The molecular weight excluding hydrogens is 362 g/mol. The molecule has 1 saturated carbocycles. The van der Waals surface area contributed by atoms with E-state index in [2.05, 4.69) is 14.9 Å². The van der Waals surface area contributed by atoms with E-state index in [1.807, 2.05) is 6.20 Å². The van der Waals surface area contributed by atoms with Crippen molar-refractivity contribution in [3.8, 4) is 0 Å². The molecule has 0 bridgehead atoms. The van der Waals surface area contributed by atoms with E-state index in [4.69, 9.17) is 17.0 Å². The topological polar surface area (TPSA) is 75.5 Å². The van der Waals surface area contributed by atoms with Crippen molar-refractivity contribution in [2.75, 3.05) is 13.7 Å². The minimum atomic E-state index is -0.537. The van der Waals surface area contributed by atoms with Crippen LogP contribution in [0.25, 0.3) is 0 Å². The molecule has 1 fully saturated rings. The fraction of sp³-hybridized carbons (Fsp3) is 0.600. The summed E-state index contributed by atoms with van der Waals surface area (Å²) in [5.74, 6) is 0.889. The summed E-state index contributed by atoms with van der Waals surface area (Å²) < 4.78 is 4.78. The zero-order valence-electron chi connectivity index (χ0n) is 15.7. The third kappa shape index (κ3) is 5.56. The lowest BCUT2D eigenvalue weighted by Gasteiger charge is -2.35. The van der Waals surface area contributed by atoms with Crippen molar-refractivity contribution in [3.63, 3.8) is 0 Å². The van der Waals surface area contributed by atoms with E-state index in [0.717, 1.165) is 48.4 Å². The van der Waals surface area contributed by atoms with E-state index in [-0.39, 0.29) is 5.97 Å². The van der Waals surface area contributed by atoms with Gasteiger partial charge < -0.3 is 14.7 Å². The Morgan fingerprint density at radius 2 is 1.93 bits per heavy atom. The summed E-state index contributed by atoms with van der Waals surface area (Å²) in [5, 5.41) is 10.4. The highest BCUT2D eigenvalue weighted by atomic mass is 32.1. The molecule has 3 rings (SSSR count). The maximum absolute atomic E-state index is 11.5. The summed E-state index contributed by atoms with van der Waals surface area (Å²) in [7, 11) is 1.45. The first kappa shape index (κ1) is 19.9. The molecule has 1 aromatic heterocycles. The Balaban J connectivity index is 1.57. The van der Waals surface area contributed by atoms with Crippen molar-refractivity contribution >= 4 is 23.2 Å². The molecule has 2 heterocycles. The molecule has 1 N–H and O–H groups in total. The molecule has 1 atom stereocenters. The number of aliphatic hydroxyl groups is 1. The first-order chi connectivity index (χ1) is 13.0. The van der Waals surface area contributed by atoms with Gasteiger partial charge in [0.1, 0.15) is 6.33 Å². The first-order valence-electron chi connectivity index (χ1n) is 9.54. The molecule has 0 aromatic carbocycles. The smallest absolute Gasteiger partial charge is 0.305 e. The van der Waals surface area contributed by atoms with E-state index in [9.17, 15) is 9.90 Å². The van der Waals surface area contributed by atoms with Gasteiger partial charge in [0.2, 0.25) is 0 Å². The number of thiocarbonyl (C=S) groups is 1. The predicted octanol–water partition coefficient (Wildman–Crippen LogP) is 2.67. The van der Waals surface area contributed by atoms with Gasteiger partial charge in [-0.2, -0.15) is 0 Å². The zero-order valence-corrected chi connectivity index (χ0v) is 16.5. The number of methoxy groups -OCH3 is 1. The summed E-state index contributed by atoms with van der Waals surface area (Å²) in [6.45, 7) is 0.880. The Bertz CT molecular complexity index is 687. The summed E-state index contributed by atoms with van der Waals surface area (Å²) in [5.41, 5.74) is 1.94. The fourth-order valence-corrected chi connectivity index (χ4v) is 4.25. The summed E-state index contributed by atoms with van der Waals surface area (Å²) in [6.07, 6.45) is 12.5. The number of carbonyl (C=O) groups is 1. The lowest BCUT2D eigenvalue weighted by atomic mass is 9.80. The van der Waals surface area contributed by atoms with Crippen molar-refractivity contribution in [3.05, 3.63) is 36.1 Å². The molecule has 146 valence electrons. The van der Waals surface area contributed by atoms with Crippen molar-refractivity contribution in [1.29, 1.82) is 0 Å². The van der Waals surface area contributed by atoms with E-state index < -0.39 is 6.10 Å². The van der Waals surface area contributed by atoms with Gasteiger partial charge in [0.25, 0.3) is 0 Å². The van der Waals surface area contributed by atoms with Crippen molar-refractivity contribution < 1.29 is 14.6 Å². The normalized spacial score (nSPS) is 25.9. The second kappa shape index (κ2) is 9.37. The molecule has 0 amide bonds. The summed E-state index contributed by atoms with van der Waals surface area (Å²) in [6, 6.07) is 0. The third-order valence-electron chi connectivity index (χ3n) is 5.56. The van der Waals surface area contributed by atoms with Crippen molar-refractivity contribution in [2.45, 2.75) is 51.0 Å². The lowest BCUT2D eigenvalue weighted by molar-refractivity contribution is -0.142. The Morgan fingerprint density at radius 3 is 2.59 bits per heavy atom. The SMILES string of the molecule is COC(=O)CC1CCC(CN2C=C(Cc3cncnc3)C(O)CC2=S)CC1. The van der Waals surface area contributed by atoms with Gasteiger partial charge in [-0.3, -0.25) is 4.79 Å².